The molecule has 0 aliphatic heterocycles. The highest BCUT2D eigenvalue weighted by Gasteiger charge is 2.05. The average molecular weight is 253 g/mol. The van der Waals surface area contributed by atoms with Crippen molar-refractivity contribution in [2.45, 2.75) is 12.8 Å². The lowest BCUT2D eigenvalue weighted by molar-refractivity contribution is 0.396. The molecule has 0 aromatic carbocycles. The summed E-state index contributed by atoms with van der Waals surface area (Å²) in [4.78, 5) is 2.51. The molecule has 0 saturated heterocycles. The fourth-order valence-electron chi connectivity index (χ4n) is 1.42. The molecule has 6 heteroatoms. The Morgan fingerprint density at radius 1 is 1.47 bits per heavy atom. The molecule has 0 unspecified atom stereocenters. The van der Waals surface area contributed by atoms with Gasteiger partial charge in [-0.05, 0) is 39.5 Å². The van der Waals surface area contributed by atoms with Gasteiger partial charge in [-0.15, -0.1) is 5.10 Å². The standard InChI is InChI=1S/C11H19N5S/c1-16(2)8-4-3-6-13-11-9(10(12)17)5-7-14-15-11/h5,7H,3-4,6,8H2,1-2H3,(H2,12,17)(H,13,15). The smallest absolute Gasteiger partial charge is 0.158 e. The Balaban J connectivity index is 2.39. The third-order valence-corrected chi connectivity index (χ3v) is 2.53. The van der Waals surface area contributed by atoms with E-state index in [9.17, 15) is 0 Å². The van der Waals surface area contributed by atoms with Gasteiger partial charge in [0.1, 0.15) is 4.99 Å². The third kappa shape index (κ3) is 5.06. The lowest BCUT2D eigenvalue weighted by Gasteiger charge is -2.10. The molecule has 0 bridgehead atoms. The maximum Gasteiger partial charge on any atom is 0.158 e. The normalized spacial score (nSPS) is 10.5. The summed E-state index contributed by atoms with van der Waals surface area (Å²) < 4.78 is 0. The molecule has 0 fully saturated rings. The molecule has 0 amide bonds. The van der Waals surface area contributed by atoms with Gasteiger partial charge in [-0.2, -0.15) is 5.10 Å². The van der Waals surface area contributed by atoms with Crippen LogP contribution < -0.4 is 11.1 Å². The Labute approximate surface area is 107 Å². The summed E-state index contributed by atoms with van der Waals surface area (Å²) in [6.45, 7) is 1.94. The van der Waals surface area contributed by atoms with Crippen LogP contribution >= 0.6 is 12.2 Å². The van der Waals surface area contributed by atoms with E-state index in [0.717, 1.165) is 31.5 Å². The number of hydrogen-bond donors (Lipinski definition) is 2. The average Bonchev–Trinajstić information content (AvgIpc) is 2.28. The van der Waals surface area contributed by atoms with Crippen LogP contribution in [0.3, 0.4) is 0 Å². The van der Waals surface area contributed by atoms with Crippen molar-refractivity contribution in [1.82, 2.24) is 15.1 Å². The zero-order chi connectivity index (χ0) is 12.7. The monoisotopic (exact) mass is 253 g/mol. The zero-order valence-corrected chi connectivity index (χ0v) is 11.1. The van der Waals surface area contributed by atoms with Crippen LogP contribution in [0.1, 0.15) is 18.4 Å². The predicted molar refractivity (Wildman–Crippen MR) is 74.2 cm³/mol. The van der Waals surface area contributed by atoms with Crippen LogP contribution in [0.5, 0.6) is 0 Å². The SMILES string of the molecule is CN(C)CCCCNc1nnccc1C(N)=S. The summed E-state index contributed by atoms with van der Waals surface area (Å²) in [6, 6.07) is 1.78. The highest BCUT2D eigenvalue weighted by molar-refractivity contribution is 7.80. The van der Waals surface area contributed by atoms with Crippen LogP contribution in [0.2, 0.25) is 0 Å². The van der Waals surface area contributed by atoms with E-state index in [2.05, 4.69) is 34.5 Å². The summed E-state index contributed by atoms with van der Waals surface area (Å²) >= 11 is 4.95. The Bertz CT molecular complexity index is 367. The van der Waals surface area contributed by atoms with Gasteiger partial charge < -0.3 is 16.0 Å². The number of anilines is 1. The molecule has 0 radical (unpaired) electrons. The van der Waals surface area contributed by atoms with Crippen molar-refractivity contribution in [3.05, 3.63) is 17.8 Å². The maximum absolute atomic E-state index is 5.60. The Morgan fingerprint density at radius 3 is 2.88 bits per heavy atom. The lowest BCUT2D eigenvalue weighted by Crippen LogP contribution is -2.17. The van der Waals surface area contributed by atoms with Gasteiger partial charge in [0.25, 0.3) is 0 Å². The Hall–Kier alpha value is -1.27. The van der Waals surface area contributed by atoms with Crippen LogP contribution in [0.25, 0.3) is 0 Å². The summed E-state index contributed by atoms with van der Waals surface area (Å²) in [5.74, 6) is 0.671. The molecule has 0 spiro atoms. The summed E-state index contributed by atoms with van der Waals surface area (Å²) in [7, 11) is 4.14. The van der Waals surface area contributed by atoms with E-state index < -0.39 is 0 Å². The minimum atomic E-state index is 0.343. The summed E-state index contributed by atoms with van der Waals surface area (Å²) in [6.07, 6.45) is 3.81. The minimum Gasteiger partial charge on any atom is -0.389 e. The van der Waals surface area contributed by atoms with Gasteiger partial charge in [0.2, 0.25) is 0 Å². The number of rotatable bonds is 7. The highest BCUT2D eigenvalue weighted by atomic mass is 32.1. The van der Waals surface area contributed by atoms with E-state index in [1.54, 1.807) is 12.3 Å². The van der Waals surface area contributed by atoms with E-state index in [-0.39, 0.29) is 0 Å². The van der Waals surface area contributed by atoms with Crippen molar-refractivity contribution >= 4 is 23.0 Å². The molecular formula is C11H19N5S. The second-order valence-corrected chi connectivity index (χ2v) is 4.53. The van der Waals surface area contributed by atoms with Gasteiger partial charge in [-0.3, -0.25) is 0 Å². The largest absolute Gasteiger partial charge is 0.389 e. The molecule has 1 aromatic rings. The molecule has 5 nitrogen and oxygen atoms in total. The number of nitrogens with zero attached hydrogens (tertiary/aromatic N) is 3. The Kier molecular flexibility index (Phi) is 5.79. The van der Waals surface area contributed by atoms with Crippen LogP contribution in [0.4, 0.5) is 5.82 Å². The van der Waals surface area contributed by atoms with Crippen molar-refractivity contribution in [3.8, 4) is 0 Å². The van der Waals surface area contributed by atoms with Crippen LogP contribution in [0, 0.1) is 0 Å². The molecule has 0 aliphatic rings. The molecule has 0 aliphatic carbocycles. The second-order valence-electron chi connectivity index (χ2n) is 4.09. The summed E-state index contributed by atoms with van der Waals surface area (Å²) in [5.41, 5.74) is 6.35. The van der Waals surface area contributed by atoms with Crippen LogP contribution in [-0.4, -0.2) is 47.3 Å². The van der Waals surface area contributed by atoms with Gasteiger partial charge >= 0.3 is 0 Å². The van der Waals surface area contributed by atoms with Crippen molar-refractivity contribution < 1.29 is 0 Å². The van der Waals surface area contributed by atoms with E-state index >= 15 is 0 Å². The molecule has 1 rings (SSSR count). The number of hydrogen-bond acceptors (Lipinski definition) is 5. The first-order chi connectivity index (χ1) is 8.11. The van der Waals surface area contributed by atoms with Gasteiger partial charge in [-0.25, -0.2) is 0 Å². The van der Waals surface area contributed by atoms with E-state index in [1.165, 1.54) is 0 Å². The molecule has 0 saturated carbocycles. The van der Waals surface area contributed by atoms with E-state index in [1.807, 2.05) is 0 Å². The quantitative estimate of drug-likeness (QED) is 0.555. The minimum absolute atomic E-state index is 0.343. The first-order valence-electron chi connectivity index (χ1n) is 5.61. The highest BCUT2D eigenvalue weighted by Crippen LogP contribution is 2.09. The molecule has 1 aromatic heterocycles. The second kappa shape index (κ2) is 7.13. The summed E-state index contributed by atoms with van der Waals surface area (Å²) in [5, 5.41) is 11.0. The first-order valence-corrected chi connectivity index (χ1v) is 6.02. The van der Waals surface area contributed by atoms with Gasteiger partial charge in [-0.1, -0.05) is 12.2 Å². The van der Waals surface area contributed by atoms with Gasteiger partial charge in [0, 0.05) is 6.54 Å². The van der Waals surface area contributed by atoms with Gasteiger partial charge in [0.05, 0.1) is 11.8 Å². The lowest BCUT2D eigenvalue weighted by atomic mass is 10.2. The van der Waals surface area contributed by atoms with E-state index in [0.29, 0.717) is 10.8 Å². The predicted octanol–water partition coefficient (Wildman–Crippen LogP) is 0.864. The van der Waals surface area contributed by atoms with Crippen molar-refractivity contribution in [2.24, 2.45) is 5.73 Å². The third-order valence-electron chi connectivity index (χ3n) is 2.31. The number of thiocarbonyl (C=S) groups is 1. The number of nitrogens with two attached hydrogens (primary N) is 1. The van der Waals surface area contributed by atoms with Crippen LogP contribution in [-0.2, 0) is 0 Å². The molecule has 0 atom stereocenters. The fraction of sp³-hybridized carbons (Fsp3) is 0.545. The van der Waals surface area contributed by atoms with E-state index in [4.69, 9.17) is 18.0 Å². The molecular weight excluding hydrogens is 234 g/mol. The first kappa shape index (κ1) is 13.8. The molecule has 17 heavy (non-hydrogen) atoms. The number of aromatic nitrogens is 2. The molecule has 94 valence electrons. The van der Waals surface area contributed by atoms with Crippen LogP contribution in [0.15, 0.2) is 12.3 Å². The van der Waals surface area contributed by atoms with Crippen molar-refractivity contribution in [3.63, 3.8) is 0 Å². The molecule has 3 N–H and O–H groups in total. The van der Waals surface area contributed by atoms with Crippen molar-refractivity contribution in [1.29, 1.82) is 0 Å². The number of nitrogens with one attached hydrogen (secondary N) is 1. The maximum atomic E-state index is 5.60. The zero-order valence-electron chi connectivity index (χ0n) is 10.3. The van der Waals surface area contributed by atoms with Crippen molar-refractivity contribution in [2.75, 3.05) is 32.5 Å². The Morgan fingerprint density at radius 2 is 2.24 bits per heavy atom. The topological polar surface area (TPSA) is 67.1 Å². The van der Waals surface area contributed by atoms with Gasteiger partial charge in [0.15, 0.2) is 5.82 Å². The molecule has 1 heterocycles. The fourth-order valence-corrected chi connectivity index (χ4v) is 1.59. The number of unbranched alkanes of at least 4 members (excludes halogenated alkanes) is 1.